The third kappa shape index (κ3) is 2.13. The minimum absolute atomic E-state index is 0.0250. The predicted molar refractivity (Wildman–Crippen MR) is 79.6 cm³/mol. The van der Waals surface area contributed by atoms with Crippen LogP contribution in [-0.4, -0.2) is 48.9 Å². The topological polar surface area (TPSA) is 65.1 Å². The van der Waals surface area contributed by atoms with Crippen LogP contribution in [0.15, 0.2) is 24.0 Å². The van der Waals surface area contributed by atoms with Crippen LogP contribution in [-0.2, 0) is 23.8 Å². The molecular formula is C16H23NO5. The standard InChI is InChI=1S/C16H23NO5/c1-7-8-21-11-10(2)12(18)17-13(15(3,4)5)22-9-16(11,17)14(19)20-6/h7,13H,1,8-9H2,2-6H3/t13-,16-/m1/s1. The van der Waals surface area contributed by atoms with Gasteiger partial charge in [-0.1, -0.05) is 33.4 Å². The highest BCUT2D eigenvalue weighted by Crippen LogP contribution is 2.47. The molecule has 0 unspecified atom stereocenters. The van der Waals surface area contributed by atoms with E-state index < -0.39 is 17.7 Å². The Kier molecular flexibility index (Phi) is 4.08. The van der Waals surface area contributed by atoms with Crippen molar-refractivity contribution in [3.63, 3.8) is 0 Å². The molecule has 2 heterocycles. The second kappa shape index (κ2) is 5.43. The summed E-state index contributed by atoms with van der Waals surface area (Å²) < 4.78 is 16.4. The molecule has 6 heteroatoms. The van der Waals surface area contributed by atoms with Gasteiger partial charge in [0.25, 0.3) is 5.91 Å². The van der Waals surface area contributed by atoms with Gasteiger partial charge in [0, 0.05) is 5.41 Å². The Morgan fingerprint density at radius 1 is 1.55 bits per heavy atom. The monoisotopic (exact) mass is 309 g/mol. The second-order valence-corrected chi connectivity index (χ2v) is 6.61. The van der Waals surface area contributed by atoms with Crippen molar-refractivity contribution < 1.29 is 23.8 Å². The lowest BCUT2D eigenvalue weighted by Gasteiger charge is -2.36. The van der Waals surface area contributed by atoms with Gasteiger partial charge in [0.1, 0.15) is 18.6 Å². The molecule has 0 radical (unpaired) electrons. The number of hydrogen-bond donors (Lipinski definition) is 0. The van der Waals surface area contributed by atoms with Gasteiger partial charge in [-0.3, -0.25) is 9.69 Å². The Morgan fingerprint density at radius 3 is 2.68 bits per heavy atom. The summed E-state index contributed by atoms with van der Waals surface area (Å²) in [5, 5.41) is 0. The van der Waals surface area contributed by atoms with Crippen LogP contribution in [0.2, 0.25) is 0 Å². The van der Waals surface area contributed by atoms with Gasteiger partial charge < -0.3 is 14.2 Å². The Labute approximate surface area is 130 Å². The molecule has 2 aliphatic rings. The SMILES string of the molecule is C=CCOC1=C(C)C(=O)N2[C@@H](C(C)(C)C)OC[C@]12C(=O)OC. The molecule has 0 N–H and O–H groups in total. The number of rotatable bonds is 4. The number of hydrogen-bond acceptors (Lipinski definition) is 5. The quantitative estimate of drug-likeness (QED) is 0.583. The summed E-state index contributed by atoms with van der Waals surface area (Å²) in [6.07, 6.45) is 1.04. The molecule has 0 aromatic carbocycles. The van der Waals surface area contributed by atoms with E-state index in [0.717, 1.165) is 0 Å². The van der Waals surface area contributed by atoms with Gasteiger partial charge in [0.2, 0.25) is 5.54 Å². The summed E-state index contributed by atoms with van der Waals surface area (Å²) in [5.74, 6) is -0.513. The van der Waals surface area contributed by atoms with Crippen LogP contribution in [0, 0.1) is 5.41 Å². The van der Waals surface area contributed by atoms with Gasteiger partial charge in [0.15, 0.2) is 0 Å². The maximum atomic E-state index is 12.7. The molecule has 2 rings (SSSR count). The molecule has 2 aliphatic heterocycles. The van der Waals surface area contributed by atoms with Crippen LogP contribution < -0.4 is 0 Å². The lowest BCUT2D eigenvalue weighted by Crippen LogP contribution is -2.57. The maximum Gasteiger partial charge on any atom is 0.342 e. The van der Waals surface area contributed by atoms with Crippen LogP contribution in [0.25, 0.3) is 0 Å². The van der Waals surface area contributed by atoms with Crippen molar-refractivity contribution in [3.05, 3.63) is 24.0 Å². The summed E-state index contributed by atoms with van der Waals surface area (Å²) in [5.41, 5.74) is -1.28. The molecule has 0 saturated carbocycles. The molecule has 0 spiro atoms. The zero-order valence-corrected chi connectivity index (χ0v) is 13.8. The van der Waals surface area contributed by atoms with E-state index >= 15 is 0 Å². The molecule has 0 aromatic heterocycles. The second-order valence-electron chi connectivity index (χ2n) is 6.61. The van der Waals surface area contributed by atoms with Gasteiger partial charge in [-0.15, -0.1) is 0 Å². The molecule has 1 amide bonds. The summed E-state index contributed by atoms with van der Waals surface area (Å²) in [4.78, 5) is 26.7. The minimum atomic E-state index is -1.34. The Hall–Kier alpha value is -1.82. The van der Waals surface area contributed by atoms with Crippen LogP contribution in [0.5, 0.6) is 0 Å². The van der Waals surface area contributed by atoms with E-state index in [1.165, 1.54) is 12.0 Å². The molecule has 0 aromatic rings. The summed E-state index contributed by atoms with van der Waals surface area (Å²) in [6.45, 7) is 11.3. The van der Waals surface area contributed by atoms with E-state index in [2.05, 4.69) is 6.58 Å². The lowest BCUT2D eigenvalue weighted by atomic mass is 9.91. The fourth-order valence-electron chi connectivity index (χ4n) is 3.01. The predicted octanol–water partition coefficient (Wildman–Crippen LogP) is 1.62. The van der Waals surface area contributed by atoms with Gasteiger partial charge in [-0.2, -0.15) is 0 Å². The maximum absolute atomic E-state index is 12.7. The fraction of sp³-hybridized carbons (Fsp3) is 0.625. The van der Waals surface area contributed by atoms with Crippen molar-refractivity contribution in [3.8, 4) is 0 Å². The highest BCUT2D eigenvalue weighted by molar-refractivity contribution is 6.05. The summed E-state index contributed by atoms with van der Waals surface area (Å²) in [7, 11) is 1.29. The van der Waals surface area contributed by atoms with Crippen molar-refractivity contribution >= 4 is 11.9 Å². The zero-order chi connectivity index (χ0) is 16.7. The van der Waals surface area contributed by atoms with E-state index in [-0.39, 0.29) is 24.5 Å². The summed E-state index contributed by atoms with van der Waals surface area (Å²) in [6, 6.07) is 0. The Bertz CT molecular complexity index is 545. The fourth-order valence-corrected chi connectivity index (χ4v) is 3.01. The van der Waals surface area contributed by atoms with E-state index in [4.69, 9.17) is 14.2 Å². The number of nitrogens with zero attached hydrogens (tertiary/aromatic N) is 1. The molecule has 0 bridgehead atoms. The third-order valence-corrected chi connectivity index (χ3v) is 3.96. The number of fused-ring (bicyclic) bond motifs is 1. The molecule has 1 fully saturated rings. The van der Waals surface area contributed by atoms with Gasteiger partial charge in [-0.05, 0) is 6.92 Å². The number of carbonyl (C=O) groups excluding carboxylic acids is 2. The number of amides is 1. The average molecular weight is 309 g/mol. The molecule has 22 heavy (non-hydrogen) atoms. The van der Waals surface area contributed by atoms with E-state index in [1.807, 2.05) is 20.8 Å². The first-order valence-electron chi connectivity index (χ1n) is 7.20. The molecule has 2 atom stereocenters. The third-order valence-electron chi connectivity index (χ3n) is 3.96. The van der Waals surface area contributed by atoms with Crippen molar-refractivity contribution in [2.75, 3.05) is 20.3 Å². The Balaban J connectivity index is 2.55. The minimum Gasteiger partial charge on any atom is -0.490 e. The van der Waals surface area contributed by atoms with E-state index in [1.54, 1.807) is 13.0 Å². The van der Waals surface area contributed by atoms with E-state index in [9.17, 15) is 9.59 Å². The van der Waals surface area contributed by atoms with Gasteiger partial charge in [0.05, 0.1) is 19.3 Å². The highest BCUT2D eigenvalue weighted by Gasteiger charge is 2.66. The Morgan fingerprint density at radius 2 is 2.18 bits per heavy atom. The van der Waals surface area contributed by atoms with Crippen LogP contribution in [0.4, 0.5) is 0 Å². The van der Waals surface area contributed by atoms with Gasteiger partial charge in [-0.25, -0.2) is 4.79 Å². The first-order valence-corrected chi connectivity index (χ1v) is 7.20. The molecule has 1 saturated heterocycles. The van der Waals surface area contributed by atoms with Gasteiger partial charge >= 0.3 is 5.97 Å². The molecule has 0 aliphatic carbocycles. The number of carbonyl (C=O) groups is 2. The van der Waals surface area contributed by atoms with Crippen LogP contribution in [0.1, 0.15) is 27.7 Å². The number of methoxy groups -OCH3 is 1. The van der Waals surface area contributed by atoms with Crippen molar-refractivity contribution in [2.45, 2.75) is 39.5 Å². The average Bonchev–Trinajstić information content (AvgIpc) is 2.94. The molecule has 122 valence electrons. The molecular weight excluding hydrogens is 286 g/mol. The number of ether oxygens (including phenoxy) is 3. The first-order chi connectivity index (χ1) is 10.2. The number of esters is 1. The lowest BCUT2D eigenvalue weighted by molar-refractivity contribution is -0.158. The zero-order valence-electron chi connectivity index (χ0n) is 13.8. The first kappa shape index (κ1) is 16.5. The molecule has 6 nitrogen and oxygen atoms in total. The largest absolute Gasteiger partial charge is 0.490 e. The van der Waals surface area contributed by atoms with Crippen LogP contribution >= 0.6 is 0 Å². The highest BCUT2D eigenvalue weighted by atomic mass is 16.6. The van der Waals surface area contributed by atoms with Crippen molar-refractivity contribution in [1.29, 1.82) is 0 Å². The smallest absolute Gasteiger partial charge is 0.342 e. The normalized spacial score (nSPS) is 28.0. The summed E-state index contributed by atoms with van der Waals surface area (Å²) >= 11 is 0. The van der Waals surface area contributed by atoms with Crippen LogP contribution in [0.3, 0.4) is 0 Å². The van der Waals surface area contributed by atoms with Crippen molar-refractivity contribution in [1.82, 2.24) is 4.90 Å². The van der Waals surface area contributed by atoms with E-state index in [0.29, 0.717) is 11.3 Å². The van der Waals surface area contributed by atoms with Crippen molar-refractivity contribution in [2.24, 2.45) is 5.41 Å².